The second-order valence-corrected chi connectivity index (χ2v) is 7.30. The Labute approximate surface area is 165 Å². The molecule has 1 aliphatic carbocycles. The van der Waals surface area contributed by atoms with Gasteiger partial charge in [0.15, 0.2) is 0 Å². The fraction of sp³-hybridized carbons (Fsp3) is 0.333. The SMILES string of the molecule is O=C(CN1C(=O)[C@@]2(COc3ccc(F)cc3)C[C@H]2c2ccccc21)NCC(F)F. The van der Waals surface area contributed by atoms with Crippen molar-refractivity contribution < 1.29 is 27.5 Å². The Morgan fingerprint density at radius 2 is 1.93 bits per heavy atom. The molecule has 2 atom stereocenters. The minimum Gasteiger partial charge on any atom is -0.492 e. The van der Waals surface area contributed by atoms with Gasteiger partial charge in [0.25, 0.3) is 6.43 Å². The molecule has 0 radical (unpaired) electrons. The van der Waals surface area contributed by atoms with E-state index in [0.29, 0.717) is 17.9 Å². The van der Waals surface area contributed by atoms with Gasteiger partial charge in [-0.1, -0.05) is 18.2 Å². The molecule has 1 aliphatic heterocycles. The highest BCUT2D eigenvalue weighted by atomic mass is 19.3. The van der Waals surface area contributed by atoms with Crippen molar-refractivity contribution >= 4 is 17.5 Å². The smallest absolute Gasteiger partial charge is 0.255 e. The molecule has 1 heterocycles. The summed E-state index contributed by atoms with van der Waals surface area (Å²) in [5, 5.41) is 2.14. The van der Waals surface area contributed by atoms with E-state index in [1.54, 1.807) is 12.1 Å². The number of benzene rings is 2. The van der Waals surface area contributed by atoms with Gasteiger partial charge in [-0.25, -0.2) is 13.2 Å². The van der Waals surface area contributed by atoms with Crippen LogP contribution in [0.25, 0.3) is 0 Å². The van der Waals surface area contributed by atoms with Gasteiger partial charge in [-0.05, 0) is 42.3 Å². The average Bonchev–Trinajstić information content (AvgIpc) is 3.46. The number of nitrogens with zero attached hydrogens (tertiary/aromatic N) is 1. The number of alkyl halides is 2. The van der Waals surface area contributed by atoms with Crippen molar-refractivity contribution in [3.8, 4) is 5.75 Å². The largest absolute Gasteiger partial charge is 0.492 e. The molecule has 1 fully saturated rings. The molecule has 2 aromatic carbocycles. The Balaban J connectivity index is 1.54. The van der Waals surface area contributed by atoms with Crippen LogP contribution in [-0.4, -0.2) is 37.9 Å². The summed E-state index contributed by atoms with van der Waals surface area (Å²) < 4.78 is 43.6. The third-order valence-electron chi connectivity index (χ3n) is 5.41. The first-order chi connectivity index (χ1) is 13.9. The molecule has 4 rings (SSSR count). The number of hydrogen-bond acceptors (Lipinski definition) is 3. The highest BCUT2D eigenvalue weighted by Gasteiger charge is 2.66. The molecule has 2 amide bonds. The monoisotopic (exact) mass is 404 g/mol. The van der Waals surface area contributed by atoms with Crippen LogP contribution in [0.15, 0.2) is 48.5 Å². The Kier molecular flexibility index (Phi) is 4.94. The van der Waals surface area contributed by atoms with Crippen molar-refractivity contribution in [1.82, 2.24) is 5.32 Å². The van der Waals surface area contributed by atoms with E-state index in [4.69, 9.17) is 4.74 Å². The van der Waals surface area contributed by atoms with Crippen molar-refractivity contribution in [2.75, 3.05) is 24.6 Å². The fourth-order valence-electron chi connectivity index (χ4n) is 3.87. The van der Waals surface area contributed by atoms with Gasteiger partial charge in [0.1, 0.15) is 24.7 Å². The summed E-state index contributed by atoms with van der Waals surface area (Å²) in [5.74, 6) is -0.896. The molecule has 5 nitrogen and oxygen atoms in total. The molecule has 0 saturated heterocycles. The molecular weight excluding hydrogens is 385 g/mol. The molecule has 8 heteroatoms. The van der Waals surface area contributed by atoms with Gasteiger partial charge in [-0.2, -0.15) is 0 Å². The summed E-state index contributed by atoms with van der Waals surface area (Å²) in [7, 11) is 0. The lowest BCUT2D eigenvalue weighted by Gasteiger charge is -2.33. The van der Waals surface area contributed by atoms with Crippen LogP contribution in [0.5, 0.6) is 5.75 Å². The van der Waals surface area contributed by atoms with Gasteiger partial charge in [0.2, 0.25) is 11.8 Å². The van der Waals surface area contributed by atoms with Crippen LogP contribution in [0.2, 0.25) is 0 Å². The summed E-state index contributed by atoms with van der Waals surface area (Å²) >= 11 is 0. The zero-order valence-corrected chi connectivity index (χ0v) is 15.4. The number of anilines is 1. The summed E-state index contributed by atoms with van der Waals surface area (Å²) in [6.45, 7) is -1.01. The lowest BCUT2D eigenvalue weighted by atomic mass is 9.92. The topological polar surface area (TPSA) is 58.6 Å². The van der Waals surface area contributed by atoms with Crippen LogP contribution in [0, 0.1) is 11.2 Å². The first kappa shape index (κ1) is 19.3. The van der Waals surface area contributed by atoms with E-state index in [0.717, 1.165) is 5.56 Å². The maximum absolute atomic E-state index is 13.3. The predicted molar refractivity (Wildman–Crippen MR) is 99.5 cm³/mol. The maximum atomic E-state index is 13.3. The molecule has 0 spiro atoms. The van der Waals surface area contributed by atoms with Crippen LogP contribution >= 0.6 is 0 Å². The van der Waals surface area contributed by atoms with E-state index in [-0.39, 0.29) is 30.8 Å². The van der Waals surface area contributed by atoms with Gasteiger partial charge in [-0.15, -0.1) is 0 Å². The van der Waals surface area contributed by atoms with Gasteiger partial charge >= 0.3 is 0 Å². The number of ether oxygens (including phenoxy) is 1. The Morgan fingerprint density at radius 1 is 1.21 bits per heavy atom. The number of hydrogen-bond donors (Lipinski definition) is 1. The molecule has 0 bridgehead atoms. The minimum absolute atomic E-state index is 0.0352. The highest BCUT2D eigenvalue weighted by molar-refractivity contribution is 6.07. The second-order valence-electron chi connectivity index (χ2n) is 7.30. The van der Waals surface area contributed by atoms with E-state index in [1.807, 2.05) is 12.1 Å². The van der Waals surface area contributed by atoms with E-state index in [9.17, 15) is 22.8 Å². The van der Waals surface area contributed by atoms with Crippen LogP contribution in [0.4, 0.5) is 18.9 Å². The first-order valence-electron chi connectivity index (χ1n) is 9.25. The van der Waals surface area contributed by atoms with Crippen molar-refractivity contribution in [1.29, 1.82) is 0 Å². The molecule has 1 N–H and O–H groups in total. The number of amides is 2. The van der Waals surface area contributed by atoms with Crippen molar-refractivity contribution in [2.24, 2.45) is 5.41 Å². The number of rotatable bonds is 7. The third-order valence-corrected chi connectivity index (χ3v) is 5.41. The molecular formula is C21H19F3N2O3. The lowest BCUT2D eigenvalue weighted by Crippen LogP contribution is -2.48. The van der Waals surface area contributed by atoms with E-state index in [1.165, 1.54) is 29.2 Å². The number of halogens is 3. The summed E-state index contributed by atoms with van der Waals surface area (Å²) in [4.78, 5) is 26.7. The maximum Gasteiger partial charge on any atom is 0.255 e. The van der Waals surface area contributed by atoms with Crippen LogP contribution in [0.3, 0.4) is 0 Å². The molecule has 2 aliphatic rings. The molecule has 1 saturated carbocycles. The van der Waals surface area contributed by atoms with E-state index >= 15 is 0 Å². The van der Waals surface area contributed by atoms with Crippen molar-refractivity contribution in [3.63, 3.8) is 0 Å². The van der Waals surface area contributed by atoms with Gasteiger partial charge < -0.3 is 15.0 Å². The third kappa shape index (κ3) is 3.66. The number of carbonyl (C=O) groups excluding carboxylic acids is 2. The van der Waals surface area contributed by atoms with Crippen LogP contribution in [-0.2, 0) is 9.59 Å². The molecule has 0 aromatic heterocycles. The molecule has 2 aromatic rings. The van der Waals surface area contributed by atoms with Crippen LogP contribution < -0.4 is 15.0 Å². The highest BCUT2D eigenvalue weighted by Crippen LogP contribution is 2.65. The molecule has 152 valence electrons. The van der Waals surface area contributed by atoms with Crippen molar-refractivity contribution in [2.45, 2.75) is 18.8 Å². The quantitative estimate of drug-likeness (QED) is 0.772. The lowest BCUT2D eigenvalue weighted by molar-refractivity contribution is -0.128. The Morgan fingerprint density at radius 3 is 2.66 bits per heavy atom. The summed E-state index contributed by atoms with van der Waals surface area (Å²) in [5.41, 5.74) is 0.729. The van der Waals surface area contributed by atoms with Crippen LogP contribution in [0.1, 0.15) is 17.9 Å². The second kappa shape index (κ2) is 7.42. The molecule has 0 unspecified atom stereocenters. The standard InChI is InChI=1S/C21H19F3N2O3/c22-13-5-7-14(8-6-13)29-12-21-9-16(21)15-3-1-2-4-17(15)26(20(21)28)11-19(27)25-10-18(23)24/h1-8,16,18H,9-12H2,(H,25,27)/t16-,21+/m0/s1. The molecule has 29 heavy (non-hydrogen) atoms. The van der Waals surface area contributed by atoms with Crippen molar-refractivity contribution in [3.05, 3.63) is 59.9 Å². The van der Waals surface area contributed by atoms with Gasteiger partial charge in [0, 0.05) is 11.6 Å². The summed E-state index contributed by atoms with van der Waals surface area (Å²) in [6, 6.07) is 12.8. The summed E-state index contributed by atoms with van der Waals surface area (Å²) in [6.07, 6.45) is -2.09. The normalized spacial score (nSPS) is 22.1. The number of fused-ring (bicyclic) bond motifs is 3. The number of carbonyl (C=O) groups is 2. The fourth-order valence-corrected chi connectivity index (χ4v) is 3.87. The Hall–Kier alpha value is -3.03. The van der Waals surface area contributed by atoms with E-state index < -0.39 is 24.3 Å². The predicted octanol–water partition coefficient (Wildman–Crippen LogP) is 3.11. The zero-order chi connectivity index (χ0) is 20.6. The van der Waals surface area contributed by atoms with Gasteiger partial charge in [-0.3, -0.25) is 9.59 Å². The Bertz CT molecular complexity index is 935. The average molecular weight is 404 g/mol. The zero-order valence-electron chi connectivity index (χ0n) is 15.4. The number of nitrogens with one attached hydrogen (secondary N) is 1. The first-order valence-corrected chi connectivity index (χ1v) is 9.25. The van der Waals surface area contributed by atoms with Gasteiger partial charge in [0.05, 0.1) is 12.0 Å². The number of para-hydroxylation sites is 1. The minimum atomic E-state index is -2.66. The van der Waals surface area contributed by atoms with E-state index in [2.05, 4.69) is 5.32 Å².